The summed E-state index contributed by atoms with van der Waals surface area (Å²) < 4.78 is 38.2. The fourth-order valence-electron chi connectivity index (χ4n) is 3.45. The summed E-state index contributed by atoms with van der Waals surface area (Å²) in [7, 11) is -3.67. The quantitative estimate of drug-likeness (QED) is 0.703. The largest absolute Gasteiger partial charge is 0.492 e. The molecular weight excluding hydrogens is 394 g/mol. The molecule has 3 rings (SSSR count). The van der Waals surface area contributed by atoms with Crippen LogP contribution in [-0.4, -0.2) is 43.5 Å². The molecule has 0 aliphatic carbocycles. The SMILES string of the molecule is CCOc1ccc(NC(=O)CCc2c(C)noc2C)cc1S(=O)(=O)N1CCCC1. The van der Waals surface area contributed by atoms with Gasteiger partial charge in [-0.2, -0.15) is 4.31 Å². The predicted molar refractivity (Wildman–Crippen MR) is 109 cm³/mol. The minimum Gasteiger partial charge on any atom is -0.492 e. The topological polar surface area (TPSA) is 102 Å². The lowest BCUT2D eigenvalue weighted by Gasteiger charge is -2.19. The molecule has 1 aromatic carbocycles. The van der Waals surface area contributed by atoms with Crippen molar-refractivity contribution in [1.82, 2.24) is 9.46 Å². The Morgan fingerprint density at radius 1 is 1.28 bits per heavy atom. The number of aryl methyl sites for hydroxylation is 2. The third-order valence-corrected chi connectivity index (χ3v) is 6.91. The van der Waals surface area contributed by atoms with Crippen LogP contribution in [0.1, 0.15) is 43.2 Å². The molecule has 0 saturated carbocycles. The summed E-state index contributed by atoms with van der Waals surface area (Å²) in [6, 6.07) is 4.73. The van der Waals surface area contributed by atoms with Gasteiger partial charge in [0, 0.05) is 30.8 Å². The third kappa shape index (κ3) is 4.79. The Bertz CT molecular complexity index is 958. The number of aromatic nitrogens is 1. The molecule has 0 spiro atoms. The average Bonchev–Trinajstić information content (AvgIpc) is 3.33. The van der Waals surface area contributed by atoms with Crippen LogP contribution < -0.4 is 10.1 Å². The first-order valence-electron chi connectivity index (χ1n) is 9.81. The van der Waals surface area contributed by atoms with Gasteiger partial charge >= 0.3 is 0 Å². The summed E-state index contributed by atoms with van der Waals surface area (Å²) >= 11 is 0. The summed E-state index contributed by atoms with van der Waals surface area (Å²) in [6.45, 7) is 6.81. The number of nitrogens with zero attached hydrogens (tertiary/aromatic N) is 2. The lowest BCUT2D eigenvalue weighted by atomic mass is 10.1. The van der Waals surface area contributed by atoms with Gasteiger partial charge in [-0.25, -0.2) is 8.42 Å². The minimum atomic E-state index is -3.67. The van der Waals surface area contributed by atoms with Gasteiger partial charge in [-0.05, 0) is 58.2 Å². The number of sulfonamides is 1. The van der Waals surface area contributed by atoms with Crippen molar-refractivity contribution in [3.05, 3.63) is 35.2 Å². The molecule has 1 aromatic heterocycles. The highest BCUT2D eigenvalue weighted by Gasteiger charge is 2.30. The van der Waals surface area contributed by atoms with Crippen LogP contribution in [0.2, 0.25) is 0 Å². The average molecular weight is 422 g/mol. The van der Waals surface area contributed by atoms with E-state index in [2.05, 4.69) is 10.5 Å². The summed E-state index contributed by atoms with van der Waals surface area (Å²) in [6.07, 6.45) is 2.44. The second kappa shape index (κ2) is 8.96. The van der Waals surface area contributed by atoms with Crippen LogP contribution >= 0.6 is 0 Å². The van der Waals surface area contributed by atoms with E-state index in [0.717, 1.165) is 24.1 Å². The second-order valence-corrected chi connectivity index (χ2v) is 8.96. The maximum absolute atomic E-state index is 13.0. The first-order valence-corrected chi connectivity index (χ1v) is 11.3. The van der Waals surface area contributed by atoms with Gasteiger partial charge in [-0.15, -0.1) is 0 Å². The highest BCUT2D eigenvalue weighted by molar-refractivity contribution is 7.89. The molecule has 1 N–H and O–H groups in total. The number of carbonyl (C=O) groups excluding carboxylic acids is 1. The smallest absolute Gasteiger partial charge is 0.246 e. The van der Waals surface area contributed by atoms with E-state index in [0.29, 0.717) is 43.3 Å². The van der Waals surface area contributed by atoms with Gasteiger partial charge in [0.15, 0.2) is 0 Å². The zero-order valence-corrected chi connectivity index (χ0v) is 17.8. The monoisotopic (exact) mass is 421 g/mol. The molecule has 1 fully saturated rings. The van der Waals surface area contributed by atoms with Gasteiger partial charge in [0.25, 0.3) is 0 Å². The van der Waals surface area contributed by atoms with Crippen molar-refractivity contribution < 1.29 is 22.5 Å². The highest BCUT2D eigenvalue weighted by Crippen LogP contribution is 2.31. The standard InChI is InChI=1S/C20H27N3O5S/c1-4-27-18-9-7-16(13-19(18)29(25,26)23-11-5-6-12-23)21-20(24)10-8-17-14(2)22-28-15(17)3/h7,9,13H,4-6,8,10-12H2,1-3H3,(H,21,24). The molecule has 2 heterocycles. The van der Waals surface area contributed by atoms with Crippen LogP contribution in [0.15, 0.2) is 27.6 Å². The summed E-state index contributed by atoms with van der Waals surface area (Å²) in [5.74, 6) is 0.794. The first kappa shape index (κ1) is 21.3. The fraction of sp³-hybridized carbons (Fsp3) is 0.500. The second-order valence-electron chi connectivity index (χ2n) is 7.06. The van der Waals surface area contributed by atoms with Gasteiger partial charge < -0.3 is 14.6 Å². The maximum atomic E-state index is 13.0. The van der Waals surface area contributed by atoms with Crippen molar-refractivity contribution >= 4 is 21.6 Å². The van der Waals surface area contributed by atoms with E-state index in [1.165, 1.54) is 10.4 Å². The molecule has 158 valence electrons. The number of carbonyl (C=O) groups is 1. The lowest BCUT2D eigenvalue weighted by molar-refractivity contribution is -0.116. The van der Waals surface area contributed by atoms with Crippen molar-refractivity contribution in [2.24, 2.45) is 0 Å². The molecule has 2 aromatic rings. The normalized spacial score (nSPS) is 14.9. The van der Waals surface area contributed by atoms with Gasteiger partial charge in [0.1, 0.15) is 16.4 Å². The first-order chi connectivity index (χ1) is 13.8. The van der Waals surface area contributed by atoms with Gasteiger partial charge in [0.05, 0.1) is 12.3 Å². The summed E-state index contributed by atoms with van der Waals surface area (Å²) in [4.78, 5) is 12.5. The number of amides is 1. The summed E-state index contributed by atoms with van der Waals surface area (Å²) in [5, 5.41) is 6.68. The van der Waals surface area contributed by atoms with E-state index in [1.807, 2.05) is 13.8 Å². The minimum absolute atomic E-state index is 0.0878. The lowest BCUT2D eigenvalue weighted by Crippen LogP contribution is -2.28. The van der Waals surface area contributed by atoms with Crippen LogP contribution in [0.5, 0.6) is 5.75 Å². The molecule has 1 amide bonds. The Morgan fingerprint density at radius 3 is 2.62 bits per heavy atom. The van der Waals surface area contributed by atoms with Crippen molar-refractivity contribution in [1.29, 1.82) is 0 Å². The molecule has 8 nitrogen and oxygen atoms in total. The molecule has 1 aliphatic heterocycles. The number of anilines is 1. The van der Waals surface area contributed by atoms with Gasteiger partial charge in [0.2, 0.25) is 15.9 Å². The number of benzene rings is 1. The molecule has 0 radical (unpaired) electrons. The molecule has 1 aliphatic rings. The van der Waals surface area contributed by atoms with E-state index in [-0.39, 0.29) is 17.2 Å². The van der Waals surface area contributed by atoms with Crippen LogP contribution in [0.4, 0.5) is 5.69 Å². The van der Waals surface area contributed by atoms with Crippen molar-refractivity contribution in [3.63, 3.8) is 0 Å². The van der Waals surface area contributed by atoms with Crippen LogP contribution in [-0.2, 0) is 21.2 Å². The number of hydrogen-bond donors (Lipinski definition) is 1. The van der Waals surface area contributed by atoms with E-state index in [1.54, 1.807) is 19.1 Å². The zero-order chi connectivity index (χ0) is 21.0. The summed E-state index contributed by atoms with van der Waals surface area (Å²) in [5.41, 5.74) is 2.12. The molecular formula is C20H27N3O5S. The van der Waals surface area contributed by atoms with E-state index in [4.69, 9.17) is 9.26 Å². The maximum Gasteiger partial charge on any atom is 0.246 e. The molecule has 29 heavy (non-hydrogen) atoms. The Balaban J connectivity index is 1.76. The number of rotatable bonds is 8. The Morgan fingerprint density at radius 2 is 2.00 bits per heavy atom. The van der Waals surface area contributed by atoms with E-state index >= 15 is 0 Å². The highest BCUT2D eigenvalue weighted by atomic mass is 32.2. The Labute approximate surface area is 171 Å². The third-order valence-electron chi connectivity index (χ3n) is 4.99. The van der Waals surface area contributed by atoms with Gasteiger partial charge in [-0.3, -0.25) is 4.79 Å². The van der Waals surface area contributed by atoms with Crippen LogP contribution in [0.25, 0.3) is 0 Å². The predicted octanol–water partition coefficient (Wildman–Crippen LogP) is 3.05. The van der Waals surface area contributed by atoms with Crippen molar-refractivity contribution in [2.45, 2.75) is 51.3 Å². The Kier molecular flexibility index (Phi) is 6.59. The van der Waals surface area contributed by atoms with Gasteiger partial charge in [-0.1, -0.05) is 5.16 Å². The molecule has 0 atom stereocenters. The zero-order valence-electron chi connectivity index (χ0n) is 17.0. The van der Waals surface area contributed by atoms with Crippen LogP contribution in [0.3, 0.4) is 0 Å². The molecule has 9 heteroatoms. The molecule has 0 bridgehead atoms. The van der Waals surface area contributed by atoms with E-state index in [9.17, 15) is 13.2 Å². The number of ether oxygens (including phenoxy) is 1. The van der Waals surface area contributed by atoms with Crippen molar-refractivity contribution in [2.75, 3.05) is 25.0 Å². The Hall–Kier alpha value is -2.39. The molecule has 0 unspecified atom stereocenters. The molecule has 1 saturated heterocycles. The van der Waals surface area contributed by atoms with Crippen LogP contribution in [0, 0.1) is 13.8 Å². The fourth-order valence-corrected chi connectivity index (χ4v) is 5.12. The van der Waals surface area contributed by atoms with E-state index < -0.39 is 10.0 Å². The number of hydrogen-bond acceptors (Lipinski definition) is 6. The number of nitrogens with one attached hydrogen (secondary N) is 1. The van der Waals surface area contributed by atoms with Crippen molar-refractivity contribution in [3.8, 4) is 5.75 Å².